The second kappa shape index (κ2) is 4.39. The molecule has 14 heavy (non-hydrogen) atoms. The number of nitrogens with zero attached hydrogens (tertiary/aromatic N) is 1. The molecule has 6 nitrogen and oxygen atoms in total. The van der Waals surface area contributed by atoms with Crippen LogP contribution in [0.25, 0.3) is 0 Å². The molecular formula is C7H12N2O4S. The average molecular weight is 220 g/mol. The van der Waals surface area contributed by atoms with E-state index in [1.165, 1.54) is 19.9 Å². The second-order valence-electron chi connectivity index (χ2n) is 3.47. The molecule has 2 N–H and O–H groups in total. The van der Waals surface area contributed by atoms with Crippen molar-refractivity contribution in [2.45, 2.75) is 25.8 Å². The van der Waals surface area contributed by atoms with Crippen LogP contribution in [0.1, 0.15) is 20.3 Å². The lowest BCUT2D eigenvalue weighted by Crippen LogP contribution is -2.45. The molecule has 0 aromatic carbocycles. The van der Waals surface area contributed by atoms with Crippen molar-refractivity contribution < 1.29 is 18.3 Å². The summed E-state index contributed by atoms with van der Waals surface area (Å²) in [7, 11) is -3.71. The van der Waals surface area contributed by atoms with Crippen molar-refractivity contribution in [3.8, 4) is 6.07 Å². The molecule has 0 aromatic rings. The number of carbonyl (C=O) groups is 1. The van der Waals surface area contributed by atoms with Crippen molar-refractivity contribution in [3.05, 3.63) is 0 Å². The van der Waals surface area contributed by atoms with Crippen LogP contribution in [0.3, 0.4) is 0 Å². The van der Waals surface area contributed by atoms with Crippen molar-refractivity contribution in [1.82, 2.24) is 4.72 Å². The zero-order chi connectivity index (χ0) is 11.4. The van der Waals surface area contributed by atoms with Gasteiger partial charge >= 0.3 is 5.97 Å². The Morgan fingerprint density at radius 1 is 1.57 bits per heavy atom. The summed E-state index contributed by atoms with van der Waals surface area (Å²) in [4.78, 5) is 10.4. The van der Waals surface area contributed by atoms with Gasteiger partial charge in [-0.05, 0) is 13.8 Å². The normalized spacial score (nSPS) is 12.1. The summed E-state index contributed by atoms with van der Waals surface area (Å²) in [5.74, 6) is -1.77. The summed E-state index contributed by atoms with van der Waals surface area (Å²) in [5, 5.41) is 16.7. The number of hydrogen-bond donors (Lipinski definition) is 2. The monoisotopic (exact) mass is 220 g/mol. The summed E-state index contributed by atoms with van der Waals surface area (Å²) in [5.41, 5.74) is -1.08. The smallest absolute Gasteiger partial charge is 0.305 e. The van der Waals surface area contributed by atoms with E-state index in [-0.39, 0.29) is 6.42 Å². The molecule has 0 atom stereocenters. The highest BCUT2D eigenvalue weighted by Gasteiger charge is 2.27. The van der Waals surface area contributed by atoms with Crippen LogP contribution in [-0.2, 0) is 14.8 Å². The topological polar surface area (TPSA) is 107 Å². The van der Waals surface area contributed by atoms with Crippen LogP contribution in [0.2, 0.25) is 0 Å². The largest absolute Gasteiger partial charge is 0.481 e. The number of nitriles is 1. The predicted molar refractivity (Wildman–Crippen MR) is 48.9 cm³/mol. The molecule has 0 saturated heterocycles. The Balaban J connectivity index is 4.52. The zero-order valence-electron chi connectivity index (χ0n) is 7.94. The SMILES string of the molecule is CC(C)(CC(=O)O)NS(=O)(=O)CC#N. The van der Waals surface area contributed by atoms with Gasteiger partial charge in [0.25, 0.3) is 0 Å². The molecule has 0 amide bonds. The Morgan fingerprint density at radius 2 is 2.07 bits per heavy atom. The quantitative estimate of drug-likeness (QED) is 0.660. The fraction of sp³-hybridized carbons (Fsp3) is 0.714. The third-order valence-electron chi connectivity index (χ3n) is 1.28. The molecule has 0 fully saturated rings. The van der Waals surface area contributed by atoms with Gasteiger partial charge in [0, 0.05) is 5.54 Å². The molecule has 7 heteroatoms. The van der Waals surface area contributed by atoms with Gasteiger partial charge in [0.15, 0.2) is 5.75 Å². The number of aliphatic carboxylic acids is 1. The minimum Gasteiger partial charge on any atom is -0.481 e. The van der Waals surface area contributed by atoms with E-state index in [0.717, 1.165) is 0 Å². The maximum absolute atomic E-state index is 11.1. The Bertz CT molecular complexity index is 352. The molecular weight excluding hydrogens is 208 g/mol. The van der Waals surface area contributed by atoms with Crippen molar-refractivity contribution in [2.24, 2.45) is 0 Å². The van der Waals surface area contributed by atoms with Crippen LogP contribution < -0.4 is 4.72 Å². The summed E-state index contributed by atoms with van der Waals surface area (Å²) < 4.78 is 24.3. The average Bonchev–Trinajstić information content (AvgIpc) is 1.78. The summed E-state index contributed by atoms with van der Waals surface area (Å²) in [6.07, 6.45) is -0.336. The third-order valence-corrected chi connectivity index (χ3v) is 2.65. The van der Waals surface area contributed by atoms with E-state index in [2.05, 4.69) is 4.72 Å². The Kier molecular flexibility index (Phi) is 4.04. The summed E-state index contributed by atoms with van der Waals surface area (Å²) in [6.45, 7) is 2.88. The highest BCUT2D eigenvalue weighted by atomic mass is 32.2. The van der Waals surface area contributed by atoms with E-state index < -0.39 is 27.3 Å². The molecule has 80 valence electrons. The van der Waals surface area contributed by atoms with Crippen molar-refractivity contribution in [3.63, 3.8) is 0 Å². The number of carboxylic acid groups (broad SMARTS) is 1. The summed E-state index contributed by atoms with van der Waals surface area (Å²) >= 11 is 0. The number of hydrogen-bond acceptors (Lipinski definition) is 4. The Hall–Kier alpha value is -1.13. The van der Waals surface area contributed by atoms with Crippen molar-refractivity contribution >= 4 is 16.0 Å². The third kappa shape index (κ3) is 5.50. The van der Waals surface area contributed by atoms with Crippen LogP contribution >= 0.6 is 0 Å². The number of rotatable bonds is 5. The highest BCUT2D eigenvalue weighted by molar-refractivity contribution is 7.89. The molecule has 0 saturated carbocycles. The first-order valence-corrected chi connectivity index (χ1v) is 5.44. The molecule has 0 aliphatic heterocycles. The molecule has 0 bridgehead atoms. The van der Waals surface area contributed by atoms with E-state index in [1.54, 1.807) is 0 Å². The van der Waals surface area contributed by atoms with Gasteiger partial charge in [-0.25, -0.2) is 13.1 Å². The van der Waals surface area contributed by atoms with Gasteiger partial charge in [-0.2, -0.15) is 5.26 Å². The van der Waals surface area contributed by atoms with Crippen LogP contribution in [0.4, 0.5) is 0 Å². The van der Waals surface area contributed by atoms with E-state index in [1.807, 2.05) is 0 Å². The molecule has 0 rings (SSSR count). The van der Waals surface area contributed by atoms with Gasteiger partial charge in [0.1, 0.15) is 0 Å². The molecule has 0 aromatic heterocycles. The van der Waals surface area contributed by atoms with Gasteiger partial charge in [-0.1, -0.05) is 0 Å². The summed E-state index contributed by atoms with van der Waals surface area (Å²) in [6, 6.07) is 1.49. The van der Waals surface area contributed by atoms with Gasteiger partial charge in [0.2, 0.25) is 10.0 Å². The molecule has 0 unspecified atom stereocenters. The van der Waals surface area contributed by atoms with E-state index in [9.17, 15) is 13.2 Å². The first kappa shape index (κ1) is 12.9. The maximum Gasteiger partial charge on any atom is 0.305 e. The van der Waals surface area contributed by atoms with Crippen LogP contribution in [0.15, 0.2) is 0 Å². The van der Waals surface area contributed by atoms with Gasteiger partial charge in [-0.15, -0.1) is 0 Å². The zero-order valence-corrected chi connectivity index (χ0v) is 8.76. The van der Waals surface area contributed by atoms with Gasteiger partial charge in [0.05, 0.1) is 12.5 Å². The first-order valence-electron chi connectivity index (χ1n) is 3.79. The van der Waals surface area contributed by atoms with E-state index >= 15 is 0 Å². The lowest BCUT2D eigenvalue weighted by molar-refractivity contribution is -0.138. The number of carboxylic acids is 1. The van der Waals surface area contributed by atoms with E-state index in [0.29, 0.717) is 0 Å². The maximum atomic E-state index is 11.1. The van der Waals surface area contributed by atoms with Gasteiger partial charge < -0.3 is 5.11 Å². The predicted octanol–water partition coefficient (Wildman–Crippen LogP) is -0.317. The van der Waals surface area contributed by atoms with Crippen LogP contribution in [-0.4, -0.2) is 30.8 Å². The fourth-order valence-electron chi connectivity index (χ4n) is 0.956. The molecule has 0 spiro atoms. The van der Waals surface area contributed by atoms with Gasteiger partial charge in [-0.3, -0.25) is 4.79 Å². The minimum absolute atomic E-state index is 0.336. The Labute approximate surface area is 82.6 Å². The molecule has 0 heterocycles. The fourth-order valence-corrected chi connectivity index (χ4v) is 2.11. The molecule has 0 aliphatic carbocycles. The van der Waals surface area contributed by atoms with E-state index in [4.69, 9.17) is 10.4 Å². The lowest BCUT2D eigenvalue weighted by atomic mass is 10.0. The highest BCUT2D eigenvalue weighted by Crippen LogP contribution is 2.09. The minimum atomic E-state index is -3.71. The number of sulfonamides is 1. The Morgan fingerprint density at radius 3 is 2.43 bits per heavy atom. The standard InChI is InChI=1S/C7H12N2O4S/c1-7(2,5-6(10)11)9-14(12,13)4-3-8/h9H,4-5H2,1-2H3,(H,10,11). The lowest BCUT2D eigenvalue weighted by Gasteiger charge is -2.22. The molecule has 0 aliphatic rings. The van der Waals surface area contributed by atoms with Crippen molar-refractivity contribution in [2.75, 3.05) is 5.75 Å². The number of nitrogens with one attached hydrogen (secondary N) is 1. The van der Waals surface area contributed by atoms with Crippen LogP contribution in [0.5, 0.6) is 0 Å². The van der Waals surface area contributed by atoms with Crippen molar-refractivity contribution in [1.29, 1.82) is 5.26 Å². The molecule has 0 radical (unpaired) electrons. The second-order valence-corrected chi connectivity index (χ2v) is 5.20. The first-order chi connectivity index (χ1) is 6.18. The van der Waals surface area contributed by atoms with Crippen LogP contribution in [0, 0.1) is 11.3 Å².